The number of fused-ring (bicyclic) bond motifs is 1. The van der Waals surface area contributed by atoms with Crippen molar-refractivity contribution < 1.29 is 14.3 Å². The van der Waals surface area contributed by atoms with Gasteiger partial charge in [0.05, 0.1) is 12.0 Å². The van der Waals surface area contributed by atoms with Gasteiger partial charge in [0.15, 0.2) is 0 Å². The number of carbonyl (C=O) groups is 2. The van der Waals surface area contributed by atoms with Gasteiger partial charge < -0.3 is 14.2 Å². The molecule has 2 saturated heterocycles. The number of aryl methyl sites for hydroxylation is 1. The number of nitrogens with zero attached hydrogens (tertiary/aromatic N) is 3. The average molecular weight is 361 g/mol. The van der Waals surface area contributed by atoms with E-state index in [-0.39, 0.29) is 17.8 Å². The maximum absolute atomic E-state index is 13.0. The van der Waals surface area contributed by atoms with Crippen LogP contribution in [0.5, 0.6) is 0 Å². The van der Waals surface area contributed by atoms with Crippen LogP contribution in [-0.2, 0) is 16.6 Å². The molecule has 0 saturated carbocycles. The monoisotopic (exact) mass is 361 g/mol. The van der Waals surface area contributed by atoms with Crippen LogP contribution in [0, 0.1) is 11.3 Å². The van der Waals surface area contributed by atoms with E-state index in [4.69, 9.17) is 4.74 Å². The van der Waals surface area contributed by atoms with E-state index < -0.39 is 5.41 Å². The Balaban J connectivity index is 1.86. The molecule has 0 aliphatic carbocycles. The van der Waals surface area contributed by atoms with Crippen molar-refractivity contribution in [3.63, 3.8) is 0 Å². The van der Waals surface area contributed by atoms with Gasteiger partial charge in [-0.25, -0.2) is 0 Å². The average Bonchev–Trinajstić information content (AvgIpc) is 3.14. The molecule has 3 rings (SSSR count). The summed E-state index contributed by atoms with van der Waals surface area (Å²) < 4.78 is 7.35. The minimum absolute atomic E-state index is 0.0557. The molecule has 144 valence electrons. The van der Waals surface area contributed by atoms with Crippen LogP contribution in [0.15, 0.2) is 18.3 Å². The number of likely N-dealkylation sites (tertiary alicyclic amines) is 2. The summed E-state index contributed by atoms with van der Waals surface area (Å²) >= 11 is 0. The predicted molar refractivity (Wildman–Crippen MR) is 99.8 cm³/mol. The zero-order chi connectivity index (χ0) is 18.9. The molecule has 1 amide bonds. The van der Waals surface area contributed by atoms with Crippen LogP contribution in [0.4, 0.5) is 0 Å². The number of rotatable bonds is 4. The molecule has 1 aromatic heterocycles. The molecule has 2 atom stereocenters. The van der Waals surface area contributed by atoms with Crippen molar-refractivity contribution in [2.75, 3.05) is 32.8 Å². The summed E-state index contributed by atoms with van der Waals surface area (Å²) in [6.07, 6.45) is 3.51. The molecular formula is C20H31N3O3. The molecule has 0 radical (unpaired) electrons. The molecule has 0 spiro atoms. The largest absolute Gasteiger partial charge is 0.466 e. The molecule has 2 fully saturated rings. The van der Waals surface area contributed by atoms with Crippen LogP contribution in [0.2, 0.25) is 0 Å². The van der Waals surface area contributed by atoms with E-state index in [2.05, 4.69) is 18.7 Å². The Morgan fingerprint density at radius 2 is 2.12 bits per heavy atom. The number of carbonyl (C=O) groups excluding carboxylic acids is 2. The number of esters is 1. The molecule has 6 heteroatoms. The topological polar surface area (TPSA) is 54.8 Å². The quantitative estimate of drug-likeness (QED) is 0.771. The Morgan fingerprint density at radius 3 is 2.73 bits per heavy atom. The minimum Gasteiger partial charge on any atom is -0.466 e. The summed E-state index contributed by atoms with van der Waals surface area (Å²) in [5.74, 6) is 0.0946. The molecule has 6 nitrogen and oxygen atoms in total. The molecule has 1 aromatic rings. The van der Waals surface area contributed by atoms with Gasteiger partial charge in [-0.05, 0) is 45.7 Å². The first kappa shape index (κ1) is 19.0. The fourth-order valence-corrected chi connectivity index (χ4v) is 4.50. The van der Waals surface area contributed by atoms with Gasteiger partial charge in [-0.15, -0.1) is 0 Å². The lowest BCUT2D eigenvalue weighted by atomic mass is 9.75. The van der Waals surface area contributed by atoms with Gasteiger partial charge in [-0.1, -0.05) is 0 Å². The van der Waals surface area contributed by atoms with E-state index in [1.165, 1.54) is 0 Å². The third kappa shape index (κ3) is 3.27. The summed E-state index contributed by atoms with van der Waals surface area (Å²) in [6.45, 7) is 9.48. The number of ether oxygens (including phenoxy) is 1. The molecule has 0 bridgehead atoms. The van der Waals surface area contributed by atoms with Crippen molar-refractivity contribution in [3.05, 3.63) is 24.0 Å². The van der Waals surface area contributed by atoms with E-state index in [1.54, 1.807) is 0 Å². The van der Waals surface area contributed by atoms with Gasteiger partial charge in [0.1, 0.15) is 5.69 Å². The summed E-state index contributed by atoms with van der Waals surface area (Å²) in [4.78, 5) is 30.2. The highest BCUT2D eigenvalue weighted by Crippen LogP contribution is 2.44. The second kappa shape index (κ2) is 7.43. The van der Waals surface area contributed by atoms with Crippen molar-refractivity contribution in [1.29, 1.82) is 0 Å². The zero-order valence-corrected chi connectivity index (χ0v) is 16.4. The summed E-state index contributed by atoms with van der Waals surface area (Å²) in [6, 6.07) is 4.13. The first-order valence-electron chi connectivity index (χ1n) is 9.71. The Kier molecular flexibility index (Phi) is 5.42. The lowest BCUT2D eigenvalue weighted by Crippen LogP contribution is -2.43. The van der Waals surface area contributed by atoms with E-state index in [9.17, 15) is 9.59 Å². The lowest BCUT2D eigenvalue weighted by molar-refractivity contribution is -0.157. The fraction of sp³-hybridized carbons (Fsp3) is 0.700. The highest BCUT2D eigenvalue weighted by Gasteiger charge is 2.54. The SMILES string of the molecule is CCOC(=O)[C@]12CCCN(C(=O)c3cccn3C)C[C@H]1CN(C(C)C)C2. The normalized spacial score (nSPS) is 26.7. The van der Waals surface area contributed by atoms with Crippen LogP contribution in [0.3, 0.4) is 0 Å². The van der Waals surface area contributed by atoms with E-state index in [1.807, 2.05) is 41.8 Å². The summed E-state index contributed by atoms with van der Waals surface area (Å²) in [5.41, 5.74) is 0.219. The van der Waals surface area contributed by atoms with Crippen LogP contribution < -0.4 is 0 Å². The van der Waals surface area contributed by atoms with Gasteiger partial charge in [-0.3, -0.25) is 14.5 Å². The molecule has 2 aliphatic rings. The Labute approximate surface area is 156 Å². The molecular weight excluding hydrogens is 330 g/mol. The highest BCUT2D eigenvalue weighted by atomic mass is 16.5. The third-order valence-electron chi connectivity index (χ3n) is 6.08. The van der Waals surface area contributed by atoms with Crippen molar-refractivity contribution in [2.24, 2.45) is 18.4 Å². The van der Waals surface area contributed by atoms with Crippen molar-refractivity contribution in [1.82, 2.24) is 14.4 Å². The molecule has 26 heavy (non-hydrogen) atoms. The van der Waals surface area contributed by atoms with Gasteiger partial charge in [0.2, 0.25) is 0 Å². The van der Waals surface area contributed by atoms with Crippen LogP contribution >= 0.6 is 0 Å². The molecule has 0 aromatic carbocycles. The summed E-state index contributed by atoms with van der Waals surface area (Å²) in [7, 11) is 1.89. The lowest BCUT2D eigenvalue weighted by Gasteiger charge is -2.31. The predicted octanol–water partition coefficient (Wildman–Crippen LogP) is 2.15. The van der Waals surface area contributed by atoms with Crippen molar-refractivity contribution in [3.8, 4) is 0 Å². The Morgan fingerprint density at radius 1 is 1.35 bits per heavy atom. The second-order valence-corrected chi connectivity index (χ2v) is 7.96. The molecule has 2 aliphatic heterocycles. The fourth-order valence-electron chi connectivity index (χ4n) is 4.50. The number of hydrogen-bond donors (Lipinski definition) is 0. The third-order valence-corrected chi connectivity index (χ3v) is 6.08. The smallest absolute Gasteiger partial charge is 0.313 e. The van der Waals surface area contributed by atoms with Crippen LogP contribution in [-0.4, -0.2) is 65.1 Å². The van der Waals surface area contributed by atoms with Crippen molar-refractivity contribution in [2.45, 2.75) is 39.7 Å². The van der Waals surface area contributed by atoms with Gasteiger partial charge >= 0.3 is 5.97 Å². The first-order chi connectivity index (χ1) is 12.4. The molecule has 0 unspecified atom stereocenters. The van der Waals surface area contributed by atoms with Crippen molar-refractivity contribution >= 4 is 11.9 Å². The van der Waals surface area contributed by atoms with Crippen LogP contribution in [0.1, 0.15) is 44.1 Å². The first-order valence-corrected chi connectivity index (χ1v) is 9.71. The maximum atomic E-state index is 13.0. The molecule has 3 heterocycles. The number of aromatic nitrogens is 1. The van der Waals surface area contributed by atoms with E-state index in [0.717, 1.165) is 25.9 Å². The zero-order valence-electron chi connectivity index (χ0n) is 16.4. The summed E-state index contributed by atoms with van der Waals surface area (Å²) in [5, 5.41) is 0. The Hall–Kier alpha value is -1.82. The highest BCUT2D eigenvalue weighted by molar-refractivity contribution is 5.93. The minimum atomic E-state index is -0.483. The van der Waals surface area contributed by atoms with Gasteiger partial charge in [0.25, 0.3) is 5.91 Å². The number of amides is 1. The van der Waals surface area contributed by atoms with Gasteiger partial charge in [-0.2, -0.15) is 0 Å². The van der Waals surface area contributed by atoms with Crippen LogP contribution in [0.25, 0.3) is 0 Å². The Bertz CT molecular complexity index is 669. The number of hydrogen-bond acceptors (Lipinski definition) is 4. The maximum Gasteiger partial charge on any atom is 0.313 e. The second-order valence-electron chi connectivity index (χ2n) is 7.96. The molecule has 0 N–H and O–H groups in total. The van der Waals surface area contributed by atoms with E-state index in [0.29, 0.717) is 31.4 Å². The standard InChI is InChI=1S/C20H31N3O3/c1-5-26-19(25)20-9-7-11-22(18(24)17-8-6-10-21(17)4)12-16(20)13-23(14-20)15(2)3/h6,8,10,15-16H,5,7,9,11-14H2,1-4H3/t16-,20-/m0/s1. The van der Waals surface area contributed by atoms with E-state index >= 15 is 0 Å². The van der Waals surface area contributed by atoms with Gasteiger partial charge in [0, 0.05) is 51.4 Å².